The molecule has 0 aliphatic heterocycles. The quantitative estimate of drug-likeness (QED) is 0.780. The minimum atomic E-state index is 0.0438. The number of ketones is 1. The molecule has 18 heavy (non-hydrogen) atoms. The van der Waals surface area contributed by atoms with Crippen molar-refractivity contribution >= 4 is 5.78 Å². The maximum Gasteiger partial charge on any atom is 0.165 e. The van der Waals surface area contributed by atoms with Crippen molar-refractivity contribution in [3.05, 3.63) is 17.7 Å². The summed E-state index contributed by atoms with van der Waals surface area (Å²) < 4.78 is 16.2. The van der Waals surface area contributed by atoms with E-state index in [9.17, 15) is 4.79 Å². The Labute approximate surface area is 108 Å². The average molecular weight is 252 g/mol. The van der Waals surface area contributed by atoms with Crippen LogP contribution in [0.2, 0.25) is 0 Å². The molecule has 0 N–H and O–H groups in total. The molecule has 4 nitrogen and oxygen atoms in total. The zero-order valence-corrected chi connectivity index (χ0v) is 11.6. The Morgan fingerprint density at radius 2 is 1.72 bits per heavy atom. The fourth-order valence-corrected chi connectivity index (χ4v) is 1.69. The van der Waals surface area contributed by atoms with Gasteiger partial charge in [-0.2, -0.15) is 0 Å². The largest absolute Gasteiger partial charge is 0.496 e. The summed E-state index contributed by atoms with van der Waals surface area (Å²) in [5, 5.41) is 0. The van der Waals surface area contributed by atoms with Crippen molar-refractivity contribution in [3.8, 4) is 17.2 Å². The predicted molar refractivity (Wildman–Crippen MR) is 69.7 cm³/mol. The Kier molecular flexibility index (Phi) is 5.01. The van der Waals surface area contributed by atoms with E-state index < -0.39 is 0 Å². The van der Waals surface area contributed by atoms with Crippen molar-refractivity contribution in [1.82, 2.24) is 0 Å². The van der Waals surface area contributed by atoms with Crippen molar-refractivity contribution in [3.63, 3.8) is 0 Å². The smallest absolute Gasteiger partial charge is 0.165 e. The SMILES string of the molecule is COc1cc(OC(C)C)c(OC)cc1CC(C)=O. The van der Waals surface area contributed by atoms with E-state index in [2.05, 4.69) is 0 Å². The Morgan fingerprint density at radius 1 is 1.11 bits per heavy atom. The van der Waals surface area contributed by atoms with Crippen molar-refractivity contribution < 1.29 is 19.0 Å². The molecule has 4 heteroatoms. The van der Waals surface area contributed by atoms with Gasteiger partial charge in [-0.05, 0) is 26.8 Å². The van der Waals surface area contributed by atoms with Crippen molar-refractivity contribution in [2.75, 3.05) is 14.2 Å². The van der Waals surface area contributed by atoms with E-state index in [0.717, 1.165) is 5.56 Å². The molecule has 0 radical (unpaired) electrons. The highest BCUT2D eigenvalue weighted by molar-refractivity contribution is 5.79. The second-order valence-electron chi connectivity index (χ2n) is 4.36. The van der Waals surface area contributed by atoms with Crippen LogP contribution in [0.5, 0.6) is 17.2 Å². The predicted octanol–water partition coefficient (Wildman–Crippen LogP) is 2.62. The topological polar surface area (TPSA) is 44.8 Å². The summed E-state index contributed by atoms with van der Waals surface area (Å²) >= 11 is 0. The van der Waals surface area contributed by atoms with Crippen LogP contribution in [0, 0.1) is 0 Å². The van der Waals surface area contributed by atoms with Gasteiger partial charge in [0.05, 0.1) is 20.3 Å². The Hall–Kier alpha value is -1.71. The Morgan fingerprint density at radius 3 is 2.17 bits per heavy atom. The first kappa shape index (κ1) is 14.4. The number of carbonyl (C=O) groups is 1. The number of methoxy groups -OCH3 is 2. The third-order valence-electron chi connectivity index (χ3n) is 2.37. The number of carbonyl (C=O) groups excluding carboxylic acids is 1. The molecule has 0 saturated carbocycles. The van der Waals surface area contributed by atoms with Gasteiger partial charge < -0.3 is 14.2 Å². The second-order valence-corrected chi connectivity index (χ2v) is 4.36. The van der Waals surface area contributed by atoms with E-state index in [1.807, 2.05) is 13.8 Å². The van der Waals surface area contributed by atoms with Crippen LogP contribution < -0.4 is 14.2 Å². The van der Waals surface area contributed by atoms with Crippen LogP contribution in [-0.2, 0) is 11.2 Å². The van der Waals surface area contributed by atoms with Gasteiger partial charge in [0.1, 0.15) is 11.5 Å². The number of hydrogen-bond acceptors (Lipinski definition) is 4. The van der Waals surface area contributed by atoms with Gasteiger partial charge in [0, 0.05) is 18.1 Å². The minimum Gasteiger partial charge on any atom is -0.496 e. The Balaban J connectivity index is 3.18. The van der Waals surface area contributed by atoms with E-state index >= 15 is 0 Å². The monoisotopic (exact) mass is 252 g/mol. The van der Waals surface area contributed by atoms with Gasteiger partial charge in [0.2, 0.25) is 0 Å². The summed E-state index contributed by atoms with van der Waals surface area (Å²) in [4.78, 5) is 11.2. The van der Waals surface area contributed by atoms with Crippen LogP contribution in [0.4, 0.5) is 0 Å². The second kappa shape index (κ2) is 6.28. The molecule has 0 aromatic heterocycles. The summed E-state index contributed by atoms with van der Waals surface area (Å²) in [5.74, 6) is 1.95. The molecule has 0 saturated heterocycles. The molecule has 1 aromatic carbocycles. The summed E-state index contributed by atoms with van der Waals surface area (Å²) in [7, 11) is 3.15. The zero-order chi connectivity index (χ0) is 13.7. The highest BCUT2D eigenvalue weighted by atomic mass is 16.5. The summed E-state index contributed by atoms with van der Waals surface area (Å²) in [6.07, 6.45) is 0.365. The van der Waals surface area contributed by atoms with Gasteiger partial charge in [-0.3, -0.25) is 4.79 Å². The van der Waals surface area contributed by atoms with Crippen LogP contribution in [0.1, 0.15) is 26.3 Å². The van der Waals surface area contributed by atoms with Crippen LogP contribution in [0.15, 0.2) is 12.1 Å². The van der Waals surface area contributed by atoms with E-state index in [0.29, 0.717) is 23.7 Å². The summed E-state index contributed by atoms with van der Waals surface area (Å²) in [5.41, 5.74) is 0.804. The highest BCUT2D eigenvalue weighted by Crippen LogP contribution is 2.35. The van der Waals surface area contributed by atoms with E-state index in [-0.39, 0.29) is 11.9 Å². The molecule has 0 aliphatic rings. The number of Topliss-reactive ketones (excluding diaryl/α,β-unsaturated/α-hetero) is 1. The number of ether oxygens (including phenoxy) is 3. The van der Waals surface area contributed by atoms with Crippen molar-refractivity contribution in [2.45, 2.75) is 33.3 Å². The molecule has 0 heterocycles. The van der Waals surface area contributed by atoms with Gasteiger partial charge in [0.25, 0.3) is 0 Å². The third-order valence-corrected chi connectivity index (χ3v) is 2.37. The fourth-order valence-electron chi connectivity index (χ4n) is 1.69. The molecule has 100 valence electrons. The lowest BCUT2D eigenvalue weighted by molar-refractivity contribution is -0.116. The lowest BCUT2D eigenvalue weighted by Crippen LogP contribution is -2.08. The molecule has 0 fully saturated rings. The lowest BCUT2D eigenvalue weighted by atomic mass is 10.1. The standard InChI is InChI=1S/C14H20O4/c1-9(2)18-14-8-12(16-4)11(6-10(3)15)7-13(14)17-5/h7-9H,6H2,1-5H3. The molecule has 0 amide bonds. The maximum atomic E-state index is 11.2. The van der Waals surface area contributed by atoms with Gasteiger partial charge in [-0.1, -0.05) is 0 Å². The molecule has 0 unspecified atom stereocenters. The number of rotatable bonds is 6. The van der Waals surface area contributed by atoms with Gasteiger partial charge in [0.15, 0.2) is 11.5 Å². The van der Waals surface area contributed by atoms with Crippen molar-refractivity contribution in [1.29, 1.82) is 0 Å². The molecule has 0 atom stereocenters. The normalized spacial score (nSPS) is 10.3. The average Bonchev–Trinajstić information content (AvgIpc) is 2.29. The molecule has 1 aromatic rings. The van der Waals surface area contributed by atoms with E-state index in [4.69, 9.17) is 14.2 Å². The van der Waals surface area contributed by atoms with E-state index in [1.54, 1.807) is 33.3 Å². The van der Waals surface area contributed by atoms with Gasteiger partial charge in [-0.15, -0.1) is 0 Å². The van der Waals surface area contributed by atoms with E-state index in [1.165, 1.54) is 0 Å². The fraction of sp³-hybridized carbons (Fsp3) is 0.500. The Bertz CT molecular complexity index is 424. The third kappa shape index (κ3) is 3.65. The summed E-state index contributed by atoms with van der Waals surface area (Å²) in [6, 6.07) is 3.55. The molecule has 0 spiro atoms. The number of benzene rings is 1. The summed E-state index contributed by atoms with van der Waals surface area (Å²) in [6.45, 7) is 5.43. The molecular weight excluding hydrogens is 232 g/mol. The number of hydrogen-bond donors (Lipinski definition) is 0. The first-order chi connectivity index (χ1) is 8.47. The van der Waals surface area contributed by atoms with Gasteiger partial charge in [-0.25, -0.2) is 0 Å². The first-order valence-electron chi connectivity index (χ1n) is 5.89. The maximum absolute atomic E-state index is 11.2. The first-order valence-corrected chi connectivity index (χ1v) is 5.89. The molecule has 1 rings (SSSR count). The lowest BCUT2D eigenvalue weighted by Gasteiger charge is -2.16. The molecule has 0 aliphatic carbocycles. The minimum absolute atomic E-state index is 0.0438. The van der Waals surface area contributed by atoms with Crippen LogP contribution in [0.25, 0.3) is 0 Å². The van der Waals surface area contributed by atoms with Crippen LogP contribution >= 0.6 is 0 Å². The van der Waals surface area contributed by atoms with Crippen LogP contribution in [-0.4, -0.2) is 26.1 Å². The van der Waals surface area contributed by atoms with Gasteiger partial charge >= 0.3 is 0 Å². The zero-order valence-electron chi connectivity index (χ0n) is 11.6. The highest BCUT2D eigenvalue weighted by Gasteiger charge is 2.14. The van der Waals surface area contributed by atoms with Crippen molar-refractivity contribution in [2.24, 2.45) is 0 Å². The molecular formula is C14H20O4. The molecule has 0 bridgehead atoms. The van der Waals surface area contributed by atoms with Crippen LogP contribution in [0.3, 0.4) is 0 Å².